The van der Waals surface area contributed by atoms with Gasteiger partial charge >= 0.3 is 35.6 Å². The van der Waals surface area contributed by atoms with Gasteiger partial charge in [0.25, 0.3) is 0 Å². The number of imide groups is 1. The molecular formula is C11H8ClN4NaO3. The van der Waals surface area contributed by atoms with E-state index >= 15 is 0 Å². The van der Waals surface area contributed by atoms with Crippen LogP contribution in [0.15, 0.2) is 18.2 Å². The van der Waals surface area contributed by atoms with E-state index in [4.69, 9.17) is 11.6 Å². The van der Waals surface area contributed by atoms with Gasteiger partial charge in [0.2, 0.25) is 0 Å². The quantitative estimate of drug-likeness (QED) is 0.456. The van der Waals surface area contributed by atoms with Gasteiger partial charge in [-0.25, -0.2) is 4.79 Å². The van der Waals surface area contributed by atoms with E-state index in [1.54, 1.807) is 12.1 Å². The van der Waals surface area contributed by atoms with Crippen LogP contribution in [-0.2, 0) is 10.5 Å². The fourth-order valence-electron chi connectivity index (χ4n) is 2.28. The fraction of sp³-hybridized carbons (Fsp3) is 0.182. The molecule has 2 aliphatic heterocycles. The molecule has 9 heteroatoms. The van der Waals surface area contributed by atoms with Crippen molar-refractivity contribution in [2.75, 3.05) is 12.4 Å². The standard InChI is InChI=1S/C11H9ClN4O3.Na/c1-16-10(19)13-7-3-2-5(12)4-6(7)11(16)8(17)14-9(18)15-11;/h2-4H,1H3,(H3,13,14,15,17,18,19);/q;+1/p-1. The first-order chi connectivity index (χ1) is 8.95. The Morgan fingerprint density at radius 1 is 1.30 bits per heavy atom. The smallest absolute Gasteiger partial charge is 0.417 e. The summed E-state index contributed by atoms with van der Waals surface area (Å²) >= 11 is 5.92. The van der Waals surface area contributed by atoms with Gasteiger partial charge < -0.3 is 20.9 Å². The fourth-order valence-corrected chi connectivity index (χ4v) is 2.45. The predicted octanol–water partition coefficient (Wildman–Crippen LogP) is -1.40. The number of likely N-dealkylation sites (N-methyl/N-ethyl adjacent to an activating group) is 1. The van der Waals surface area contributed by atoms with E-state index in [-0.39, 0.29) is 29.6 Å². The second-order valence-corrected chi connectivity index (χ2v) is 4.67. The first-order valence-corrected chi connectivity index (χ1v) is 5.76. The van der Waals surface area contributed by atoms with Gasteiger partial charge in [-0.15, -0.1) is 0 Å². The molecule has 1 aromatic rings. The Kier molecular flexibility index (Phi) is 3.72. The number of hydrogen-bond donors (Lipinski definition) is 2. The van der Waals surface area contributed by atoms with E-state index in [1.807, 2.05) is 0 Å². The Morgan fingerprint density at radius 2 is 2.00 bits per heavy atom. The zero-order valence-corrected chi connectivity index (χ0v) is 13.5. The van der Waals surface area contributed by atoms with Crippen LogP contribution in [0.1, 0.15) is 5.56 Å². The minimum atomic E-state index is -1.61. The van der Waals surface area contributed by atoms with Crippen LogP contribution < -0.4 is 40.2 Å². The summed E-state index contributed by atoms with van der Waals surface area (Å²) in [6.07, 6.45) is 0. The Morgan fingerprint density at radius 3 is 2.60 bits per heavy atom. The van der Waals surface area contributed by atoms with Crippen molar-refractivity contribution in [3.05, 3.63) is 34.1 Å². The second kappa shape index (κ2) is 4.92. The van der Waals surface area contributed by atoms with Crippen LogP contribution in [-0.4, -0.2) is 29.9 Å². The SMILES string of the molecule is CN1C(=O)Nc2ccc(Cl)cc2C12NC(=O)[N-]C2=O.[Na+]. The molecule has 7 nitrogen and oxygen atoms in total. The van der Waals surface area contributed by atoms with E-state index < -0.39 is 23.6 Å². The summed E-state index contributed by atoms with van der Waals surface area (Å²) in [6.45, 7) is 0. The van der Waals surface area contributed by atoms with Crippen LogP contribution in [0.2, 0.25) is 5.02 Å². The molecule has 2 aliphatic rings. The monoisotopic (exact) mass is 302 g/mol. The molecule has 0 aliphatic carbocycles. The van der Waals surface area contributed by atoms with E-state index in [9.17, 15) is 14.4 Å². The number of hydrogen-bond acceptors (Lipinski definition) is 3. The molecule has 1 unspecified atom stereocenters. The first kappa shape index (κ1) is 15.1. The minimum absolute atomic E-state index is 0. The summed E-state index contributed by atoms with van der Waals surface area (Å²) in [6, 6.07) is 3.38. The zero-order valence-electron chi connectivity index (χ0n) is 10.7. The summed E-state index contributed by atoms with van der Waals surface area (Å²) < 4.78 is 0. The molecule has 3 rings (SSSR count). The molecule has 0 bridgehead atoms. The summed E-state index contributed by atoms with van der Waals surface area (Å²) in [5, 5.41) is 8.75. The number of urea groups is 2. The van der Waals surface area contributed by atoms with Gasteiger partial charge in [-0.1, -0.05) is 11.6 Å². The molecule has 20 heavy (non-hydrogen) atoms. The molecule has 0 aromatic heterocycles. The maximum Gasteiger partial charge on any atom is 1.00 e. The number of fused-ring (bicyclic) bond motifs is 2. The summed E-state index contributed by atoms with van der Waals surface area (Å²) in [4.78, 5) is 36.5. The van der Waals surface area contributed by atoms with Gasteiger partial charge in [-0.3, -0.25) is 9.59 Å². The van der Waals surface area contributed by atoms with E-state index in [0.717, 1.165) is 4.90 Å². The Bertz CT molecular complexity index is 638. The third-order valence-electron chi connectivity index (χ3n) is 3.22. The van der Waals surface area contributed by atoms with Crippen molar-refractivity contribution >= 4 is 35.3 Å². The molecule has 2 N–H and O–H groups in total. The maximum absolute atomic E-state index is 12.1. The van der Waals surface area contributed by atoms with Gasteiger partial charge in [0, 0.05) is 23.3 Å². The van der Waals surface area contributed by atoms with E-state index in [0.29, 0.717) is 16.3 Å². The molecular weight excluding hydrogens is 295 g/mol. The van der Waals surface area contributed by atoms with Crippen molar-refractivity contribution in [1.82, 2.24) is 10.2 Å². The van der Waals surface area contributed by atoms with Crippen LogP contribution in [0, 0.1) is 0 Å². The number of carbonyl (C=O) groups excluding carboxylic acids is 3. The van der Waals surface area contributed by atoms with Crippen LogP contribution >= 0.6 is 11.6 Å². The molecule has 1 aromatic carbocycles. The Labute approximate surface area is 141 Å². The van der Waals surface area contributed by atoms with Crippen molar-refractivity contribution in [2.24, 2.45) is 0 Å². The number of nitrogens with one attached hydrogen (secondary N) is 2. The van der Waals surface area contributed by atoms with Crippen molar-refractivity contribution < 1.29 is 43.9 Å². The number of nitrogens with zero attached hydrogens (tertiary/aromatic N) is 2. The average molecular weight is 303 g/mol. The van der Waals surface area contributed by atoms with E-state index in [2.05, 4.69) is 16.0 Å². The summed E-state index contributed by atoms with van der Waals surface area (Å²) in [5.41, 5.74) is -0.806. The van der Waals surface area contributed by atoms with Gasteiger partial charge in [0.1, 0.15) is 5.66 Å². The number of carbonyl (C=O) groups is 3. The maximum atomic E-state index is 12.1. The van der Waals surface area contributed by atoms with Crippen LogP contribution in [0.25, 0.3) is 5.32 Å². The normalized spacial score (nSPS) is 23.7. The zero-order chi connectivity index (χ0) is 13.8. The molecule has 0 radical (unpaired) electrons. The second-order valence-electron chi connectivity index (χ2n) is 4.24. The third kappa shape index (κ3) is 1.89. The van der Waals surface area contributed by atoms with Crippen molar-refractivity contribution in [2.45, 2.75) is 5.66 Å². The molecule has 1 fully saturated rings. The summed E-state index contributed by atoms with van der Waals surface area (Å²) in [5.74, 6) is -0.738. The molecule has 1 atom stereocenters. The number of halogens is 1. The molecule has 1 spiro atoms. The third-order valence-corrected chi connectivity index (χ3v) is 3.46. The van der Waals surface area contributed by atoms with Gasteiger partial charge in [0.15, 0.2) is 11.9 Å². The van der Waals surface area contributed by atoms with Gasteiger partial charge in [0.05, 0.1) is 0 Å². The van der Waals surface area contributed by atoms with Crippen molar-refractivity contribution in [3.8, 4) is 0 Å². The van der Waals surface area contributed by atoms with Crippen molar-refractivity contribution in [3.63, 3.8) is 0 Å². The topological polar surface area (TPSA) is 92.6 Å². The largest absolute Gasteiger partial charge is 1.00 e. The number of benzene rings is 1. The number of anilines is 1. The Hall–Kier alpha value is -1.28. The van der Waals surface area contributed by atoms with E-state index in [1.165, 1.54) is 13.1 Å². The Balaban J connectivity index is 0.00000147. The predicted molar refractivity (Wildman–Crippen MR) is 66.8 cm³/mol. The number of rotatable bonds is 0. The average Bonchev–Trinajstić information content (AvgIpc) is 2.64. The van der Waals surface area contributed by atoms with Gasteiger partial charge in [-0.05, 0) is 18.2 Å². The molecule has 2 heterocycles. The van der Waals surface area contributed by atoms with Gasteiger partial charge in [-0.2, -0.15) is 0 Å². The first-order valence-electron chi connectivity index (χ1n) is 5.38. The number of amides is 5. The van der Waals surface area contributed by atoms with Crippen LogP contribution in [0.4, 0.5) is 15.3 Å². The van der Waals surface area contributed by atoms with Crippen LogP contribution in [0.3, 0.4) is 0 Å². The molecule has 98 valence electrons. The molecule has 5 amide bonds. The summed E-state index contributed by atoms with van der Waals surface area (Å²) in [7, 11) is 1.40. The van der Waals surface area contributed by atoms with Crippen LogP contribution in [0.5, 0.6) is 0 Å². The molecule has 1 saturated heterocycles. The van der Waals surface area contributed by atoms with Crippen molar-refractivity contribution in [1.29, 1.82) is 0 Å². The minimum Gasteiger partial charge on any atom is -0.417 e. The molecule has 0 saturated carbocycles.